The second kappa shape index (κ2) is 5.15. The molecule has 2 aromatic rings. The number of rotatable bonds is 2. The van der Waals surface area contributed by atoms with Gasteiger partial charge in [-0.25, -0.2) is 0 Å². The van der Waals surface area contributed by atoms with Crippen LogP contribution in [0.15, 0.2) is 36.4 Å². The molecular weight excluding hydrogens is 272 g/mol. The van der Waals surface area contributed by atoms with Gasteiger partial charge in [-0.3, -0.25) is 4.79 Å². The second-order valence-electron chi connectivity index (χ2n) is 6.32. The Hall–Kier alpha value is -2.31. The summed E-state index contributed by atoms with van der Waals surface area (Å²) in [5, 5.41) is 8.67. The number of piperidine rings is 1. The fourth-order valence-corrected chi connectivity index (χ4v) is 3.80. The van der Waals surface area contributed by atoms with Crippen LogP contribution in [0.2, 0.25) is 0 Å². The van der Waals surface area contributed by atoms with Crippen molar-refractivity contribution in [2.75, 3.05) is 6.54 Å². The zero-order valence-electron chi connectivity index (χ0n) is 12.3. The number of terminal acetylenes is 1. The Morgan fingerprint density at radius 1 is 1.27 bits per heavy atom. The van der Waals surface area contributed by atoms with Crippen molar-refractivity contribution in [2.45, 2.75) is 24.9 Å². The second-order valence-corrected chi connectivity index (χ2v) is 6.32. The van der Waals surface area contributed by atoms with E-state index in [0.717, 1.165) is 35.2 Å². The highest BCUT2D eigenvalue weighted by atomic mass is 16.1. The minimum atomic E-state index is -0.00641. The molecule has 1 aliphatic carbocycles. The number of carbonyl (C=O) groups excluding carboxylic acids is 1. The SMILES string of the molecule is C#Cc1cccc2ccc(C(=O)NC3CC4CNC3C4)cc12. The van der Waals surface area contributed by atoms with Gasteiger partial charge in [0, 0.05) is 23.2 Å². The topological polar surface area (TPSA) is 41.1 Å². The van der Waals surface area contributed by atoms with Gasteiger partial charge in [-0.05, 0) is 54.3 Å². The number of nitrogens with one attached hydrogen (secondary N) is 2. The number of fused-ring (bicyclic) bond motifs is 3. The van der Waals surface area contributed by atoms with Gasteiger partial charge in [0.1, 0.15) is 0 Å². The molecule has 0 spiro atoms. The van der Waals surface area contributed by atoms with Crippen molar-refractivity contribution in [3.05, 3.63) is 47.5 Å². The van der Waals surface area contributed by atoms with Crippen molar-refractivity contribution < 1.29 is 4.79 Å². The molecule has 4 rings (SSSR count). The predicted octanol–water partition coefficient (Wildman–Crippen LogP) is 2.30. The Morgan fingerprint density at radius 2 is 2.18 bits per heavy atom. The molecule has 22 heavy (non-hydrogen) atoms. The quantitative estimate of drug-likeness (QED) is 0.833. The molecule has 3 heteroatoms. The van der Waals surface area contributed by atoms with E-state index in [1.54, 1.807) is 0 Å². The van der Waals surface area contributed by atoms with Crippen LogP contribution in [-0.4, -0.2) is 24.5 Å². The summed E-state index contributed by atoms with van der Waals surface area (Å²) in [7, 11) is 0. The molecule has 0 aromatic heterocycles. The third kappa shape index (κ3) is 2.17. The van der Waals surface area contributed by atoms with Gasteiger partial charge in [0.15, 0.2) is 0 Å². The van der Waals surface area contributed by atoms with Crippen molar-refractivity contribution in [1.29, 1.82) is 0 Å². The lowest BCUT2D eigenvalue weighted by molar-refractivity contribution is 0.0928. The third-order valence-corrected chi connectivity index (χ3v) is 4.95. The first-order chi connectivity index (χ1) is 10.7. The van der Waals surface area contributed by atoms with Crippen LogP contribution in [0.1, 0.15) is 28.8 Å². The van der Waals surface area contributed by atoms with Gasteiger partial charge in [0.25, 0.3) is 5.91 Å². The highest BCUT2D eigenvalue weighted by Gasteiger charge is 2.40. The van der Waals surface area contributed by atoms with Crippen LogP contribution in [0.3, 0.4) is 0 Å². The molecule has 1 amide bonds. The van der Waals surface area contributed by atoms with Gasteiger partial charge in [0.05, 0.1) is 0 Å². The lowest BCUT2D eigenvalue weighted by atomic mass is 10.0. The molecule has 1 heterocycles. The number of benzene rings is 2. The van der Waals surface area contributed by atoms with Gasteiger partial charge >= 0.3 is 0 Å². The van der Waals surface area contributed by atoms with Crippen molar-refractivity contribution in [2.24, 2.45) is 5.92 Å². The fraction of sp³-hybridized carbons (Fsp3) is 0.316. The highest BCUT2D eigenvalue weighted by Crippen LogP contribution is 2.31. The maximum absolute atomic E-state index is 12.5. The normalized spacial score (nSPS) is 26.0. The summed E-state index contributed by atoms with van der Waals surface area (Å²) in [5.74, 6) is 3.41. The van der Waals surface area contributed by atoms with Crippen LogP contribution < -0.4 is 10.6 Å². The van der Waals surface area contributed by atoms with Crippen molar-refractivity contribution >= 4 is 16.7 Å². The van der Waals surface area contributed by atoms with Gasteiger partial charge in [-0.1, -0.05) is 24.1 Å². The Bertz CT molecular complexity index is 790. The van der Waals surface area contributed by atoms with Crippen molar-refractivity contribution in [3.63, 3.8) is 0 Å². The molecule has 110 valence electrons. The molecule has 3 atom stereocenters. The summed E-state index contributed by atoms with van der Waals surface area (Å²) >= 11 is 0. The van der Waals surface area contributed by atoms with E-state index in [9.17, 15) is 4.79 Å². The van der Waals surface area contributed by atoms with Crippen molar-refractivity contribution in [3.8, 4) is 12.3 Å². The summed E-state index contributed by atoms with van der Waals surface area (Å²) in [6.45, 7) is 1.10. The summed E-state index contributed by atoms with van der Waals surface area (Å²) < 4.78 is 0. The van der Waals surface area contributed by atoms with E-state index in [2.05, 4.69) is 16.6 Å². The lowest BCUT2D eigenvalue weighted by Gasteiger charge is -2.24. The molecular formula is C19H18N2O. The molecule has 2 bridgehead atoms. The van der Waals surface area contributed by atoms with Crippen LogP contribution >= 0.6 is 0 Å². The third-order valence-electron chi connectivity index (χ3n) is 4.95. The van der Waals surface area contributed by atoms with Gasteiger partial charge in [-0.2, -0.15) is 0 Å². The minimum absolute atomic E-state index is 0.00641. The monoisotopic (exact) mass is 290 g/mol. The Labute approximate surface area is 130 Å². The Morgan fingerprint density at radius 3 is 2.91 bits per heavy atom. The van der Waals surface area contributed by atoms with Crippen LogP contribution in [0.5, 0.6) is 0 Å². The molecule has 2 fully saturated rings. The van der Waals surface area contributed by atoms with E-state index in [1.807, 2.05) is 36.4 Å². The number of carbonyl (C=O) groups is 1. The zero-order valence-corrected chi connectivity index (χ0v) is 12.3. The van der Waals surface area contributed by atoms with E-state index in [4.69, 9.17) is 6.42 Å². The van der Waals surface area contributed by atoms with Gasteiger partial charge in [0.2, 0.25) is 0 Å². The number of amides is 1. The molecule has 1 aliphatic heterocycles. The van der Waals surface area contributed by atoms with E-state index < -0.39 is 0 Å². The number of hydrogen-bond acceptors (Lipinski definition) is 2. The van der Waals surface area contributed by atoms with Crippen LogP contribution in [0, 0.1) is 18.3 Å². The predicted molar refractivity (Wildman–Crippen MR) is 87.7 cm³/mol. The van der Waals surface area contributed by atoms with E-state index >= 15 is 0 Å². The maximum atomic E-state index is 12.5. The Balaban J connectivity index is 1.61. The molecule has 3 nitrogen and oxygen atoms in total. The van der Waals surface area contributed by atoms with Crippen LogP contribution in [-0.2, 0) is 0 Å². The van der Waals surface area contributed by atoms with E-state index in [-0.39, 0.29) is 11.9 Å². The molecule has 1 saturated carbocycles. The zero-order chi connectivity index (χ0) is 15.1. The highest BCUT2D eigenvalue weighted by molar-refractivity contribution is 6.00. The summed E-state index contributed by atoms with van der Waals surface area (Å²) in [5.41, 5.74) is 1.51. The molecule has 3 unspecified atom stereocenters. The van der Waals surface area contributed by atoms with E-state index in [0.29, 0.717) is 11.6 Å². The van der Waals surface area contributed by atoms with Gasteiger partial charge < -0.3 is 10.6 Å². The first kappa shape index (κ1) is 13.4. The van der Waals surface area contributed by atoms with Crippen LogP contribution in [0.4, 0.5) is 0 Å². The molecule has 1 saturated heterocycles. The molecule has 2 aliphatic rings. The molecule has 0 radical (unpaired) electrons. The van der Waals surface area contributed by atoms with Crippen LogP contribution in [0.25, 0.3) is 10.8 Å². The largest absolute Gasteiger partial charge is 0.348 e. The standard InChI is InChI=1S/C19H18N2O/c1-2-13-4-3-5-14-6-7-15(10-16(13)14)19(22)21-18-9-12-8-17(18)20-11-12/h1,3-7,10,12,17-18,20H,8-9,11H2,(H,21,22). The minimum Gasteiger partial charge on any atom is -0.348 e. The summed E-state index contributed by atoms with van der Waals surface area (Å²) in [6, 6.07) is 12.3. The fourth-order valence-electron chi connectivity index (χ4n) is 3.80. The number of hydrogen-bond donors (Lipinski definition) is 2. The average molecular weight is 290 g/mol. The summed E-state index contributed by atoms with van der Waals surface area (Å²) in [6.07, 6.45) is 7.83. The smallest absolute Gasteiger partial charge is 0.251 e. The Kier molecular flexibility index (Phi) is 3.13. The molecule has 2 N–H and O–H groups in total. The van der Waals surface area contributed by atoms with Crippen molar-refractivity contribution in [1.82, 2.24) is 10.6 Å². The summed E-state index contributed by atoms with van der Waals surface area (Å²) in [4.78, 5) is 12.5. The average Bonchev–Trinajstić information content (AvgIpc) is 3.16. The van der Waals surface area contributed by atoms with Gasteiger partial charge in [-0.15, -0.1) is 6.42 Å². The molecule has 2 aromatic carbocycles. The first-order valence-corrected chi connectivity index (χ1v) is 7.78. The first-order valence-electron chi connectivity index (χ1n) is 7.78. The lowest BCUT2D eigenvalue weighted by Crippen LogP contribution is -2.47. The maximum Gasteiger partial charge on any atom is 0.251 e. The van der Waals surface area contributed by atoms with E-state index in [1.165, 1.54) is 6.42 Å².